The molecule has 2 aromatic rings. The molecule has 0 aromatic heterocycles. The second-order valence-corrected chi connectivity index (χ2v) is 5.84. The lowest BCUT2D eigenvalue weighted by Crippen LogP contribution is -2.21. The highest BCUT2D eigenvalue weighted by atomic mass is 35.5. The highest BCUT2D eigenvalue weighted by Crippen LogP contribution is 2.22. The molecule has 2 N–H and O–H groups in total. The van der Waals surface area contributed by atoms with Crippen molar-refractivity contribution in [2.75, 3.05) is 5.32 Å². The number of rotatable bonds is 5. The maximum atomic E-state index is 12.8. The predicted octanol–water partition coefficient (Wildman–Crippen LogP) is 3.92. The first-order valence-electron chi connectivity index (χ1n) is 7.51. The number of carbonyl (C=O) groups excluding carboxylic acids is 2. The average molecular weight is 362 g/mol. The first kappa shape index (κ1) is 18.6. The van der Waals surface area contributed by atoms with Crippen molar-refractivity contribution >= 4 is 34.8 Å². The van der Waals surface area contributed by atoms with Crippen LogP contribution in [0.1, 0.15) is 29.3 Å². The van der Waals surface area contributed by atoms with Crippen LogP contribution in [0, 0.1) is 12.7 Å². The standard InChI is InChI=1S/C18H17ClFN3O2/c1-11(22-23-18(25)13-6-8-14(20)9-7-13)10-17(24)21-16-5-3-4-15(19)12(16)2/h3-9H,10H2,1-2H3,(H,21,24)(H,23,25). The molecule has 0 spiro atoms. The van der Waals surface area contributed by atoms with E-state index in [0.717, 1.165) is 5.56 Å². The monoisotopic (exact) mass is 361 g/mol. The van der Waals surface area contributed by atoms with Crippen LogP contribution >= 0.6 is 11.6 Å². The minimum Gasteiger partial charge on any atom is -0.325 e. The molecule has 0 aliphatic heterocycles. The van der Waals surface area contributed by atoms with Gasteiger partial charge in [0.1, 0.15) is 5.82 Å². The molecule has 0 heterocycles. The summed E-state index contributed by atoms with van der Waals surface area (Å²) in [6, 6.07) is 10.3. The number of carbonyl (C=O) groups is 2. The van der Waals surface area contributed by atoms with Gasteiger partial charge in [0, 0.05) is 22.0 Å². The van der Waals surface area contributed by atoms with Gasteiger partial charge in [-0.3, -0.25) is 9.59 Å². The zero-order valence-corrected chi connectivity index (χ0v) is 14.5. The summed E-state index contributed by atoms with van der Waals surface area (Å²) < 4.78 is 12.8. The van der Waals surface area contributed by atoms with E-state index < -0.39 is 11.7 Å². The van der Waals surface area contributed by atoms with Gasteiger partial charge >= 0.3 is 0 Å². The van der Waals surface area contributed by atoms with Gasteiger partial charge in [0.25, 0.3) is 5.91 Å². The fourth-order valence-corrected chi connectivity index (χ4v) is 2.20. The van der Waals surface area contributed by atoms with Crippen LogP contribution in [-0.2, 0) is 4.79 Å². The number of amides is 2. The molecule has 0 aliphatic carbocycles. The van der Waals surface area contributed by atoms with Gasteiger partial charge in [0.05, 0.1) is 6.42 Å². The van der Waals surface area contributed by atoms with Crippen molar-refractivity contribution in [1.29, 1.82) is 0 Å². The summed E-state index contributed by atoms with van der Waals surface area (Å²) in [4.78, 5) is 23.9. The summed E-state index contributed by atoms with van der Waals surface area (Å²) in [7, 11) is 0. The summed E-state index contributed by atoms with van der Waals surface area (Å²) in [5.41, 5.74) is 4.43. The summed E-state index contributed by atoms with van der Waals surface area (Å²) in [6.07, 6.45) is 0.00957. The van der Waals surface area contributed by atoms with Crippen LogP contribution in [0.25, 0.3) is 0 Å². The molecule has 0 fully saturated rings. The van der Waals surface area contributed by atoms with E-state index in [1.54, 1.807) is 25.1 Å². The molecule has 2 rings (SSSR count). The molecule has 25 heavy (non-hydrogen) atoms. The van der Waals surface area contributed by atoms with Gasteiger partial charge in [0.15, 0.2) is 0 Å². The molecule has 130 valence electrons. The summed E-state index contributed by atoms with van der Waals surface area (Å²) in [5, 5.41) is 7.19. The van der Waals surface area contributed by atoms with E-state index in [9.17, 15) is 14.0 Å². The zero-order valence-electron chi connectivity index (χ0n) is 13.8. The van der Waals surface area contributed by atoms with Gasteiger partial charge in [-0.2, -0.15) is 5.10 Å². The number of hydrogen-bond donors (Lipinski definition) is 2. The first-order chi connectivity index (χ1) is 11.9. The zero-order chi connectivity index (χ0) is 18.4. The van der Waals surface area contributed by atoms with E-state index in [1.807, 2.05) is 6.92 Å². The Bertz CT molecular complexity index is 820. The van der Waals surface area contributed by atoms with E-state index in [1.165, 1.54) is 24.3 Å². The molecule has 0 aliphatic rings. The maximum Gasteiger partial charge on any atom is 0.271 e. The Hall–Kier alpha value is -2.73. The van der Waals surface area contributed by atoms with E-state index >= 15 is 0 Å². The van der Waals surface area contributed by atoms with Crippen molar-refractivity contribution in [3.05, 3.63) is 64.4 Å². The smallest absolute Gasteiger partial charge is 0.271 e. The quantitative estimate of drug-likeness (QED) is 0.626. The first-order valence-corrected chi connectivity index (χ1v) is 7.88. The molecule has 0 atom stereocenters. The highest BCUT2D eigenvalue weighted by Gasteiger charge is 2.09. The molecule has 2 amide bonds. The van der Waals surface area contributed by atoms with Crippen molar-refractivity contribution < 1.29 is 14.0 Å². The number of anilines is 1. The van der Waals surface area contributed by atoms with Gasteiger partial charge in [-0.1, -0.05) is 17.7 Å². The number of hydrazone groups is 1. The highest BCUT2D eigenvalue weighted by molar-refractivity contribution is 6.31. The summed E-state index contributed by atoms with van der Waals surface area (Å²) >= 11 is 6.01. The molecule has 7 heteroatoms. The lowest BCUT2D eigenvalue weighted by molar-refractivity contribution is -0.115. The lowest BCUT2D eigenvalue weighted by atomic mass is 10.2. The Morgan fingerprint density at radius 1 is 1.16 bits per heavy atom. The fourth-order valence-electron chi connectivity index (χ4n) is 2.02. The fraction of sp³-hybridized carbons (Fsp3) is 0.167. The number of halogens is 2. The van der Waals surface area contributed by atoms with E-state index in [4.69, 9.17) is 11.6 Å². The van der Waals surface area contributed by atoms with Gasteiger partial charge in [-0.05, 0) is 55.8 Å². The van der Waals surface area contributed by atoms with E-state index in [0.29, 0.717) is 16.4 Å². The normalized spacial score (nSPS) is 11.1. The van der Waals surface area contributed by atoms with Crippen LogP contribution in [0.2, 0.25) is 5.02 Å². The third-order valence-electron chi connectivity index (χ3n) is 3.41. The number of benzene rings is 2. The van der Waals surface area contributed by atoms with Crippen LogP contribution in [0.4, 0.5) is 10.1 Å². The molecular formula is C18H17ClFN3O2. The molecule has 0 bridgehead atoms. The molecule has 2 aromatic carbocycles. The molecule has 5 nitrogen and oxygen atoms in total. The van der Waals surface area contributed by atoms with E-state index in [-0.39, 0.29) is 17.9 Å². The van der Waals surface area contributed by atoms with Crippen LogP contribution in [0.5, 0.6) is 0 Å². The Balaban J connectivity index is 1.92. The van der Waals surface area contributed by atoms with Gasteiger partial charge in [-0.15, -0.1) is 0 Å². The second kappa shape index (κ2) is 8.39. The number of hydrogen-bond acceptors (Lipinski definition) is 3. The second-order valence-electron chi connectivity index (χ2n) is 5.43. The number of nitrogens with one attached hydrogen (secondary N) is 2. The minimum absolute atomic E-state index is 0.00957. The third-order valence-corrected chi connectivity index (χ3v) is 3.82. The topological polar surface area (TPSA) is 70.6 Å². The molecule has 0 unspecified atom stereocenters. The molecular weight excluding hydrogens is 345 g/mol. The van der Waals surface area contributed by atoms with Crippen molar-refractivity contribution in [1.82, 2.24) is 5.43 Å². The molecule has 0 saturated heterocycles. The van der Waals surface area contributed by atoms with Crippen molar-refractivity contribution in [2.45, 2.75) is 20.3 Å². The molecule has 0 radical (unpaired) electrons. The SMILES string of the molecule is CC(CC(=O)Nc1cccc(Cl)c1C)=NNC(=O)c1ccc(F)cc1. The van der Waals surface area contributed by atoms with Crippen LogP contribution < -0.4 is 10.7 Å². The van der Waals surface area contributed by atoms with Gasteiger partial charge in [-0.25, -0.2) is 9.82 Å². The van der Waals surface area contributed by atoms with Crippen molar-refractivity contribution in [2.24, 2.45) is 5.10 Å². The van der Waals surface area contributed by atoms with Crippen molar-refractivity contribution in [3.63, 3.8) is 0 Å². The predicted molar refractivity (Wildman–Crippen MR) is 96.4 cm³/mol. The van der Waals surface area contributed by atoms with Gasteiger partial charge in [0.2, 0.25) is 5.91 Å². The third kappa shape index (κ3) is 5.39. The number of nitrogens with zero attached hydrogens (tertiary/aromatic N) is 1. The summed E-state index contributed by atoms with van der Waals surface area (Å²) in [6.45, 7) is 3.43. The Kier molecular flexibility index (Phi) is 6.25. The minimum atomic E-state index is -0.481. The van der Waals surface area contributed by atoms with Crippen LogP contribution in [0.3, 0.4) is 0 Å². The largest absolute Gasteiger partial charge is 0.325 e. The lowest BCUT2D eigenvalue weighted by Gasteiger charge is -2.09. The molecule has 0 saturated carbocycles. The Morgan fingerprint density at radius 3 is 2.52 bits per heavy atom. The van der Waals surface area contributed by atoms with Crippen LogP contribution in [0.15, 0.2) is 47.6 Å². The Labute approximate surface area is 149 Å². The van der Waals surface area contributed by atoms with Crippen LogP contribution in [-0.4, -0.2) is 17.5 Å². The maximum absolute atomic E-state index is 12.8. The van der Waals surface area contributed by atoms with E-state index in [2.05, 4.69) is 15.8 Å². The van der Waals surface area contributed by atoms with Crippen molar-refractivity contribution in [3.8, 4) is 0 Å². The average Bonchev–Trinajstić information content (AvgIpc) is 2.57. The Morgan fingerprint density at radius 2 is 1.84 bits per heavy atom. The van der Waals surface area contributed by atoms with Gasteiger partial charge < -0.3 is 5.32 Å². The summed E-state index contributed by atoms with van der Waals surface area (Å²) in [5.74, 6) is -1.18.